The fraction of sp³-hybridized carbons (Fsp3) is 0.118. The van der Waals surface area contributed by atoms with Crippen molar-refractivity contribution in [3.63, 3.8) is 0 Å². The number of nitrogens with one attached hydrogen (secondary N) is 1. The maximum atomic E-state index is 12.4. The van der Waals surface area contributed by atoms with E-state index in [1.165, 1.54) is 5.56 Å². The SMILES string of the molecule is O=C(NCCc1ccccc1)c1snnc1-c1ccc(Cl)cc1. The van der Waals surface area contributed by atoms with Gasteiger partial charge < -0.3 is 5.32 Å². The highest BCUT2D eigenvalue weighted by Gasteiger charge is 2.17. The van der Waals surface area contributed by atoms with E-state index in [9.17, 15) is 4.79 Å². The molecular weight excluding hydrogens is 330 g/mol. The first-order chi connectivity index (χ1) is 11.2. The van der Waals surface area contributed by atoms with E-state index in [1.807, 2.05) is 42.5 Å². The summed E-state index contributed by atoms with van der Waals surface area (Å²) >= 11 is 6.99. The topological polar surface area (TPSA) is 54.9 Å². The summed E-state index contributed by atoms with van der Waals surface area (Å²) in [5.74, 6) is -0.152. The van der Waals surface area contributed by atoms with Crippen LogP contribution in [0.3, 0.4) is 0 Å². The van der Waals surface area contributed by atoms with Gasteiger partial charge in [-0.15, -0.1) is 5.10 Å². The Labute approximate surface area is 143 Å². The molecule has 0 atom stereocenters. The maximum Gasteiger partial charge on any atom is 0.265 e. The normalized spacial score (nSPS) is 10.5. The Morgan fingerprint density at radius 3 is 2.57 bits per heavy atom. The molecule has 4 nitrogen and oxygen atoms in total. The zero-order valence-electron chi connectivity index (χ0n) is 12.2. The molecule has 0 radical (unpaired) electrons. The molecular formula is C17H14ClN3OS. The lowest BCUT2D eigenvalue weighted by Gasteiger charge is -2.05. The Morgan fingerprint density at radius 2 is 1.83 bits per heavy atom. The molecule has 0 saturated carbocycles. The fourth-order valence-electron chi connectivity index (χ4n) is 2.18. The number of carbonyl (C=O) groups excluding carboxylic acids is 1. The summed E-state index contributed by atoms with van der Waals surface area (Å²) in [5.41, 5.74) is 2.60. The van der Waals surface area contributed by atoms with E-state index in [0.717, 1.165) is 23.5 Å². The second-order valence-electron chi connectivity index (χ2n) is 4.95. The Bertz CT molecular complexity index is 787. The molecule has 0 unspecified atom stereocenters. The van der Waals surface area contributed by atoms with Crippen LogP contribution >= 0.6 is 23.1 Å². The first-order valence-corrected chi connectivity index (χ1v) is 8.29. The van der Waals surface area contributed by atoms with Crippen LogP contribution in [0.1, 0.15) is 15.2 Å². The van der Waals surface area contributed by atoms with E-state index >= 15 is 0 Å². The number of nitrogens with zero attached hydrogens (tertiary/aromatic N) is 2. The highest BCUT2D eigenvalue weighted by Crippen LogP contribution is 2.25. The number of hydrogen-bond acceptors (Lipinski definition) is 4. The Hall–Kier alpha value is -2.24. The van der Waals surface area contributed by atoms with Gasteiger partial charge in [-0.1, -0.05) is 58.6 Å². The molecule has 2 aromatic carbocycles. The van der Waals surface area contributed by atoms with Gasteiger partial charge in [-0.25, -0.2) is 0 Å². The summed E-state index contributed by atoms with van der Waals surface area (Å²) in [6, 6.07) is 17.2. The third kappa shape index (κ3) is 3.94. The third-order valence-electron chi connectivity index (χ3n) is 3.35. The number of hydrogen-bond donors (Lipinski definition) is 1. The molecule has 116 valence electrons. The summed E-state index contributed by atoms with van der Waals surface area (Å²) in [6.45, 7) is 0.570. The average molecular weight is 344 g/mol. The van der Waals surface area contributed by atoms with Gasteiger partial charge in [0, 0.05) is 17.1 Å². The molecule has 0 aliphatic carbocycles. The monoisotopic (exact) mass is 343 g/mol. The summed E-state index contributed by atoms with van der Waals surface area (Å²) in [4.78, 5) is 12.9. The molecule has 1 amide bonds. The Balaban J connectivity index is 1.66. The zero-order valence-corrected chi connectivity index (χ0v) is 13.8. The molecule has 1 N–H and O–H groups in total. The minimum atomic E-state index is -0.152. The van der Waals surface area contributed by atoms with Crippen molar-refractivity contribution in [1.82, 2.24) is 14.9 Å². The number of rotatable bonds is 5. The van der Waals surface area contributed by atoms with Crippen molar-refractivity contribution in [2.45, 2.75) is 6.42 Å². The first-order valence-electron chi connectivity index (χ1n) is 7.14. The lowest BCUT2D eigenvalue weighted by atomic mass is 10.1. The minimum absolute atomic E-state index is 0.152. The zero-order chi connectivity index (χ0) is 16.1. The average Bonchev–Trinajstić information content (AvgIpc) is 3.06. The van der Waals surface area contributed by atoms with E-state index in [2.05, 4.69) is 14.9 Å². The van der Waals surface area contributed by atoms with E-state index < -0.39 is 0 Å². The number of benzene rings is 2. The molecule has 3 rings (SSSR count). The van der Waals surface area contributed by atoms with Gasteiger partial charge in [-0.3, -0.25) is 4.79 Å². The van der Waals surface area contributed by atoms with Gasteiger partial charge in [0.05, 0.1) is 0 Å². The number of halogens is 1. The second kappa shape index (κ2) is 7.35. The van der Waals surface area contributed by atoms with E-state index in [4.69, 9.17) is 11.6 Å². The van der Waals surface area contributed by atoms with Crippen molar-refractivity contribution in [3.05, 3.63) is 70.1 Å². The molecule has 23 heavy (non-hydrogen) atoms. The van der Waals surface area contributed by atoms with E-state index in [0.29, 0.717) is 22.1 Å². The molecule has 0 saturated heterocycles. The molecule has 0 aliphatic rings. The first kappa shape index (κ1) is 15.6. The van der Waals surface area contributed by atoms with Gasteiger partial charge in [0.1, 0.15) is 10.6 Å². The van der Waals surface area contributed by atoms with Gasteiger partial charge in [0.15, 0.2) is 0 Å². The number of carbonyl (C=O) groups is 1. The van der Waals surface area contributed by atoms with Crippen molar-refractivity contribution >= 4 is 29.0 Å². The number of amides is 1. The van der Waals surface area contributed by atoms with Crippen molar-refractivity contribution < 1.29 is 4.79 Å². The number of aromatic nitrogens is 2. The van der Waals surface area contributed by atoms with E-state index in [1.54, 1.807) is 12.1 Å². The summed E-state index contributed by atoms with van der Waals surface area (Å²) < 4.78 is 3.91. The molecule has 0 fully saturated rings. The van der Waals surface area contributed by atoms with Crippen LogP contribution in [0.15, 0.2) is 54.6 Å². The molecule has 3 aromatic rings. The standard InChI is InChI=1S/C17H14ClN3OS/c18-14-8-6-13(7-9-14)15-16(23-21-20-15)17(22)19-11-10-12-4-2-1-3-5-12/h1-9H,10-11H2,(H,19,22). The lowest BCUT2D eigenvalue weighted by molar-refractivity contribution is 0.0958. The molecule has 0 aliphatic heterocycles. The van der Waals surface area contributed by atoms with Crippen LogP contribution in [0.4, 0.5) is 0 Å². The Morgan fingerprint density at radius 1 is 1.09 bits per heavy atom. The second-order valence-corrected chi connectivity index (χ2v) is 6.14. The molecule has 0 spiro atoms. The summed E-state index contributed by atoms with van der Waals surface area (Å²) in [7, 11) is 0. The Kier molecular flexibility index (Phi) is 5.00. The van der Waals surface area contributed by atoms with Crippen LogP contribution in [0, 0.1) is 0 Å². The van der Waals surface area contributed by atoms with E-state index in [-0.39, 0.29) is 5.91 Å². The quantitative estimate of drug-likeness (QED) is 0.766. The van der Waals surface area contributed by atoms with Crippen LogP contribution < -0.4 is 5.32 Å². The van der Waals surface area contributed by atoms with Crippen LogP contribution in [0.2, 0.25) is 5.02 Å². The summed E-state index contributed by atoms with van der Waals surface area (Å²) in [5, 5.41) is 7.63. The predicted molar refractivity (Wildman–Crippen MR) is 92.8 cm³/mol. The highest BCUT2D eigenvalue weighted by atomic mass is 35.5. The van der Waals surface area contributed by atoms with Gasteiger partial charge >= 0.3 is 0 Å². The van der Waals surface area contributed by atoms with Crippen molar-refractivity contribution in [2.24, 2.45) is 0 Å². The van der Waals surface area contributed by atoms with Crippen LogP contribution in [0.5, 0.6) is 0 Å². The minimum Gasteiger partial charge on any atom is -0.351 e. The van der Waals surface area contributed by atoms with Crippen LogP contribution in [0.25, 0.3) is 11.3 Å². The van der Waals surface area contributed by atoms with Gasteiger partial charge in [-0.2, -0.15) is 0 Å². The van der Waals surface area contributed by atoms with Gasteiger partial charge in [0.25, 0.3) is 5.91 Å². The fourth-order valence-corrected chi connectivity index (χ4v) is 2.91. The summed E-state index contributed by atoms with van der Waals surface area (Å²) in [6.07, 6.45) is 0.787. The molecule has 1 heterocycles. The van der Waals surface area contributed by atoms with Gasteiger partial charge in [-0.05, 0) is 35.6 Å². The third-order valence-corrected chi connectivity index (χ3v) is 4.33. The maximum absolute atomic E-state index is 12.4. The van der Waals surface area contributed by atoms with Crippen molar-refractivity contribution in [2.75, 3.05) is 6.54 Å². The van der Waals surface area contributed by atoms with Crippen molar-refractivity contribution in [3.8, 4) is 11.3 Å². The lowest BCUT2D eigenvalue weighted by Crippen LogP contribution is -2.25. The predicted octanol–water partition coefficient (Wildman–Crippen LogP) is 3.83. The highest BCUT2D eigenvalue weighted by molar-refractivity contribution is 7.08. The molecule has 1 aromatic heterocycles. The van der Waals surface area contributed by atoms with Gasteiger partial charge in [0.2, 0.25) is 0 Å². The smallest absolute Gasteiger partial charge is 0.265 e. The van der Waals surface area contributed by atoms with Crippen LogP contribution in [-0.4, -0.2) is 22.0 Å². The van der Waals surface area contributed by atoms with Crippen molar-refractivity contribution in [1.29, 1.82) is 0 Å². The molecule has 6 heteroatoms. The molecule has 0 bridgehead atoms. The van der Waals surface area contributed by atoms with Crippen LogP contribution in [-0.2, 0) is 6.42 Å². The largest absolute Gasteiger partial charge is 0.351 e.